The minimum absolute atomic E-state index is 0.351. The van der Waals surface area contributed by atoms with E-state index in [0.717, 1.165) is 5.92 Å². The van der Waals surface area contributed by atoms with Crippen molar-refractivity contribution in [1.29, 1.82) is 0 Å². The first-order valence-electron chi connectivity index (χ1n) is 10.1. The summed E-state index contributed by atoms with van der Waals surface area (Å²) in [5.74, 6) is 2.16. The first-order valence-corrected chi connectivity index (χ1v) is 10.1. The monoisotopic (exact) mass is 326 g/mol. The third kappa shape index (κ3) is 4.32. The van der Waals surface area contributed by atoms with Crippen LogP contribution in [0.4, 0.5) is 0 Å². The largest absolute Gasteiger partial charge is 0.0701 e. The lowest BCUT2D eigenvalue weighted by Gasteiger charge is -2.44. The van der Waals surface area contributed by atoms with Gasteiger partial charge in [0.05, 0.1) is 0 Å². The molecular weight excluding hydrogens is 288 g/mol. The Morgan fingerprint density at radius 2 is 1.67 bits per heavy atom. The number of hydrogen-bond donors (Lipinski definition) is 0. The molecule has 1 saturated carbocycles. The molecule has 24 heavy (non-hydrogen) atoms. The van der Waals surface area contributed by atoms with Crippen LogP contribution in [0.25, 0.3) is 0 Å². The topological polar surface area (TPSA) is 0 Å². The minimum atomic E-state index is 0.351. The summed E-state index contributed by atoms with van der Waals surface area (Å²) in [5, 5.41) is 0. The predicted molar refractivity (Wildman–Crippen MR) is 107 cm³/mol. The highest BCUT2D eigenvalue weighted by Gasteiger charge is 2.38. The van der Waals surface area contributed by atoms with Gasteiger partial charge in [-0.1, -0.05) is 83.0 Å². The van der Waals surface area contributed by atoms with Gasteiger partial charge < -0.3 is 0 Å². The maximum Gasteiger partial charge on any atom is -0.00904 e. The molecule has 2 atom stereocenters. The molecule has 0 spiro atoms. The Labute approximate surface area is 150 Å². The molecule has 0 amide bonds. The lowest BCUT2D eigenvalue weighted by molar-refractivity contribution is 0.222. The molecule has 1 aliphatic carbocycles. The second-order valence-corrected chi connectivity index (χ2v) is 8.81. The van der Waals surface area contributed by atoms with E-state index in [1.165, 1.54) is 44.1 Å². The Hall–Kier alpha value is -1.04. The molecule has 1 fully saturated rings. The Kier molecular flexibility index (Phi) is 6.72. The van der Waals surface area contributed by atoms with E-state index in [-0.39, 0.29) is 0 Å². The van der Waals surface area contributed by atoms with Crippen LogP contribution in [0.5, 0.6) is 0 Å². The number of hydrogen-bond acceptors (Lipinski definition) is 0. The highest BCUT2D eigenvalue weighted by atomic mass is 14.4. The number of rotatable bonds is 8. The zero-order chi connectivity index (χ0) is 17.7. The van der Waals surface area contributed by atoms with Crippen molar-refractivity contribution < 1.29 is 0 Å². The first kappa shape index (κ1) is 19.3. The van der Waals surface area contributed by atoms with E-state index >= 15 is 0 Å². The van der Waals surface area contributed by atoms with Crippen LogP contribution in [0, 0.1) is 23.2 Å². The summed E-state index contributed by atoms with van der Waals surface area (Å²) in [7, 11) is 0. The Morgan fingerprint density at radius 1 is 1.04 bits per heavy atom. The molecular formula is C24H38. The molecule has 0 N–H and O–H groups in total. The van der Waals surface area contributed by atoms with Crippen molar-refractivity contribution in [3.05, 3.63) is 47.0 Å². The molecule has 0 aliphatic heterocycles. The summed E-state index contributed by atoms with van der Waals surface area (Å²) in [6.07, 6.45) is 7.88. The summed E-state index contributed by atoms with van der Waals surface area (Å²) in [5.41, 5.74) is 5.49. The van der Waals surface area contributed by atoms with E-state index < -0.39 is 0 Å². The van der Waals surface area contributed by atoms with Crippen LogP contribution >= 0.6 is 0 Å². The smallest absolute Gasteiger partial charge is 0.00904 e. The van der Waals surface area contributed by atoms with Crippen LogP contribution < -0.4 is 0 Å². The van der Waals surface area contributed by atoms with Crippen molar-refractivity contribution in [2.45, 2.75) is 80.1 Å². The van der Waals surface area contributed by atoms with Gasteiger partial charge in [-0.2, -0.15) is 0 Å². The molecule has 1 aromatic rings. The molecule has 0 radical (unpaired) electrons. The zero-order valence-corrected chi connectivity index (χ0v) is 16.9. The second-order valence-electron chi connectivity index (χ2n) is 8.81. The van der Waals surface area contributed by atoms with Crippen molar-refractivity contribution in [2.75, 3.05) is 0 Å². The normalized spacial score (nSPS) is 18.4. The first-order chi connectivity index (χ1) is 11.4. The summed E-state index contributed by atoms with van der Waals surface area (Å²) >= 11 is 0. The van der Waals surface area contributed by atoms with Gasteiger partial charge in [0.25, 0.3) is 0 Å². The summed E-state index contributed by atoms with van der Waals surface area (Å²) in [4.78, 5) is 0. The van der Waals surface area contributed by atoms with Gasteiger partial charge in [-0.15, -0.1) is 0 Å². The van der Waals surface area contributed by atoms with Gasteiger partial charge in [0, 0.05) is 0 Å². The molecule has 0 saturated heterocycles. The fourth-order valence-corrected chi connectivity index (χ4v) is 4.46. The average Bonchev–Trinajstić information content (AvgIpc) is 2.49. The van der Waals surface area contributed by atoms with Crippen LogP contribution in [-0.2, 0) is 6.42 Å². The number of allylic oxidation sites excluding steroid dienone is 2. The van der Waals surface area contributed by atoms with E-state index in [4.69, 9.17) is 0 Å². The Balaban J connectivity index is 2.42. The van der Waals surface area contributed by atoms with Gasteiger partial charge in [-0.25, -0.2) is 0 Å². The van der Waals surface area contributed by atoms with E-state index in [1.807, 2.05) is 5.57 Å². The van der Waals surface area contributed by atoms with Gasteiger partial charge in [0.15, 0.2) is 0 Å². The van der Waals surface area contributed by atoms with Gasteiger partial charge in [-0.05, 0) is 67.3 Å². The van der Waals surface area contributed by atoms with E-state index in [9.17, 15) is 0 Å². The van der Waals surface area contributed by atoms with Crippen LogP contribution in [0.3, 0.4) is 0 Å². The van der Waals surface area contributed by atoms with Crippen LogP contribution in [0.15, 0.2) is 41.5 Å². The van der Waals surface area contributed by atoms with Gasteiger partial charge in [0.2, 0.25) is 0 Å². The SMILES string of the molecule is CCC(C)(C(=C1CCC1)C(Cc1ccccc1)CC(C)C)C(C)C. The van der Waals surface area contributed by atoms with Crippen molar-refractivity contribution in [2.24, 2.45) is 23.2 Å². The lowest BCUT2D eigenvalue weighted by Crippen LogP contribution is -2.33. The molecule has 2 unspecified atom stereocenters. The summed E-state index contributed by atoms with van der Waals surface area (Å²) in [6.45, 7) is 14.6. The van der Waals surface area contributed by atoms with Gasteiger partial charge >= 0.3 is 0 Å². The molecule has 2 rings (SSSR count). The second kappa shape index (κ2) is 8.37. The van der Waals surface area contributed by atoms with Crippen molar-refractivity contribution in [3.8, 4) is 0 Å². The van der Waals surface area contributed by atoms with E-state index in [2.05, 4.69) is 71.9 Å². The molecule has 0 heteroatoms. The molecule has 134 valence electrons. The zero-order valence-electron chi connectivity index (χ0n) is 16.9. The Morgan fingerprint density at radius 3 is 2.08 bits per heavy atom. The number of benzene rings is 1. The van der Waals surface area contributed by atoms with Gasteiger partial charge in [0.1, 0.15) is 0 Å². The molecule has 1 aliphatic rings. The van der Waals surface area contributed by atoms with Crippen LogP contribution in [-0.4, -0.2) is 0 Å². The fourth-order valence-electron chi connectivity index (χ4n) is 4.46. The van der Waals surface area contributed by atoms with Crippen molar-refractivity contribution >= 4 is 0 Å². The van der Waals surface area contributed by atoms with Crippen LogP contribution in [0.2, 0.25) is 0 Å². The predicted octanol–water partition coefficient (Wildman–Crippen LogP) is 7.44. The average molecular weight is 327 g/mol. The molecule has 0 aromatic heterocycles. The maximum absolute atomic E-state index is 2.54. The Bertz CT molecular complexity index is 528. The third-order valence-electron chi connectivity index (χ3n) is 6.45. The standard InChI is InChI=1S/C24H38/c1-7-24(6,19(4)5)23(21-14-11-15-21)22(16-18(2)3)17-20-12-9-8-10-13-20/h8-10,12-13,18-19,22H,7,11,14-17H2,1-6H3. The maximum atomic E-state index is 2.54. The molecule has 0 nitrogen and oxygen atoms in total. The minimum Gasteiger partial charge on any atom is -0.0701 e. The highest BCUT2D eigenvalue weighted by Crippen LogP contribution is 2.49. The quantitative estimate of drug-likeness (QED) is 0.435. The molecule has 0 bridgehead atoms. The van der Waals surface area contributed by atoms with E-state index in [0.29, 0.717) is 17.3 Å². The molecule has 0 heterocycles. The lowest BCUT2D eigenvalue weighted by atomic mass is 9.61. The van der Waals surface area contributed by atoms with Crippen molar-refractivity contribution in [3.63, 3.8) is 0 Å². The van der Waals surface area contributed by atoms with Crippen LogP contribution in [0.1, 0.15) is 79.2 Å². The fraction of sp³-hybridized carbons (Fsp3) is 0.667. The summed E-state index contributed by atoms with van der Waals surface area (Å²) in [6, 6.07) is 11.2. The van der Waals surface area contributed by atoms with Gasteiger partial charge in [-0.3, -0.25) is 0 Å². The molecule has 1 aromatic carbocycles. The van der Waals surface area contributed by atoms with E-state index in [1.54, 1.807) is 5.57 Å². The van der Waals surface area contributed by atoms with Crippen molar-refractivity contribution in [1.82, 2.24) is 0 Å². The highest BCUT2D eigenvalue weighted by molar-refractivity contribution is 5.30. The summed E-state index contributed by atoms with van der Waals surface area (Å²) < 4.78 is 0. The third-order valence-corrected chi connectivity index (χ3v) is 6.45.